The molecule has 0 saturated heterocycles. The van der Waals surface area contributed by atoms with Gasteiger partial charge in [-0.15, -0.1) is 11.3 Å². The lowest BCUT2D eigenvalue weighted by molar-refractivity contribution is 0.477. The summed E-state index contributed by atoms with van der Waals surface area (Å²) >= 11 is 1.78. The molecule has 1 aliphatic heterocycles. The van der Waals surface area contributed by atoms with Crippen molar-refractivity contribution in [3.63, 3.8) is 0 Å². The molecule has 0 atom stereocenters. The van der Waals surface area contributed by atoms with Crippen LogP contribution >= 0.6 is 11.3 Å². The third-order valence-electron chi connectivity index (χ3n) is 6.84. The van der Waals surface area contributed by atoms with E-state index in [1.807, 2.05) is 30.3 Å². The highest BCUT2D eigenvalue weighted by Gasteiger charge is 2.31. The molecule has 1 aliphatic carbocycles. The molecule has 35 heavy (non-hydrogen) atoms. The zero-order chi connectivity index (χ0) is 22.9. The van der Waals surface area contributed by atoms with Crippen molar-refractivity contribution in [2.45, 2.75) is 0 Å². The minimum absolute atomic E-state index is 0.864. The second-order valence-electron chi connectivity index (χ2n) is 8.80. The predicted molar refractivity (Wildman–Crippen MR) is 144 cm³/mol. The van der Waals surface area contributed by atoms with Crippen molar-refractivity contribution >= 4 is 39.2 Å². The van der Waals surface area contributed by atoms with Gasteiger partial charge in [0.2, 0.25) is 0 Å². The Morgan fingerprint density at radius 3 is 2.09 bits per heavy atom. The maximum absolute atomic E-state index is 6.24. The maximum atomic E-state index is 6.24. The Bertz CT molecular complexity index is 1710. The molecule has 3 nitrogen and oxygen atoms in total. The number of hydrogen-bond acceptors (Lipinski definition) is 4. The van der Waals surface area contributed by atoms with Crippen molar-refractivity contribution in [3.8, 4) is 43.8 Å². The predicted octanol–water partition coefficient (Wildman–Crippen LogP) is 9.19. The first-order valence-corrected chi connectivity index (χ1v) is 12.5. The molecule has 2 heterocycles. The fourth-order valence-electron chi connectivity index (χ4n) is 5.33. The lowest BCUT2D eigenvalue weighted by atomic mass is 10.0. The Kier molecular flexibility index (Phi) is 3.82. The summed E-state index contributed by atoms with van der Waals surface area (Å²) in [6.07, 6.45) is 0. The van der Waals surface area contributed by atoms with Crippen LogP contribution in [0.4, 0.5) is 17.1 Å². The van der Waals surface area contributed by atoms with Gasteiger partial charge in [0.05, 0.1) is 27.6 Å². The van der Waals surface area contributed by atoms with Gasteiger partial charge in [0.15, 0.2) is 11.5 Å². The maximum Gasteiger partial charge on any atom is 0.151 e. The van der Waals surface area contributed by atoms with Crippen LogP contribution in [0.1, 0.15) is 0 Å². The van der Waals surface area contributed by atoms with E-state index in [0.29, 0.717) is 0 Å². The van der Waals surface area contributed by atoms with Gasteiger partial charge in [0.25, 0.3) is 0 Å². The lowest BCUT2D eigenvalue weighted by Gasteiger charge is -2.33. The Balaban J connectivity index is 1.36. The van der Waals surface area contributed by atoms with Crippen molar-refractivity contribution in [1.82, 2.24) is 4.98 Å². The number of thiazole rings is 1. The number of nitrogens with zero attached hydrogens (tertiary/aromatic N) is 2. The van der Waals surface area contributed by atoms with Crippen LogP contribution in [0, 0.1) is 0 Å². The van der Waals surface area contributed by atoms with E-state index in [4.69, 9.17) is 9.72 Å². The summed E-state index contributed by atoms with van der Waals surface area (Å²) in [5.41, 5.74) is 7.97. The Morgan fingerprint density at radius 2 is 1.31 bits per heavy atom. The van der Waals surface area contributed by atoms with E-state index < -0.39 is 0 Å². The zero-order valence-electron chi connectivity index (χ0n) is 18.6. The second kappa shape index (κ2) is 7.05. The number of para-hydroxylation sites is 4. The molecular weight excluding hydrogens is 448 g/mol. The first-order chi connectivity index (χ1) is 17.4. The molecule has 0 amide bonds. The number of anilines is 3. The van der Waals surface area contributed by atoms with E-state index in [2.05, 4.69) is 83.8 Å². The van der Waals surface area contributed by atoms with Gasteiger partial charge in [0.1, 0.15) is 5.01 Å². The molecule has 0 saturated carbocycles. The Morgan fingerprint density at radius 1 is 0.600 bits per heavy atom. The van der Waals surface area contributed by atoms with E-state index in [9.17, 15) is 0 Å². The monoisotopic (exact) mass is 466 g/mol. The van der Waals surface area contributed by atoms with E-state index >= 15 is 0 Å². The minimum atomic E-state index is 0.864. The smallest absolute Gasteiger partial charge is 0.151 e. The number of hydrogen-bond donors (Lipinski definition) is 0. The van der Waals surface area contributed by atoms with Crippen LogP contribution in [0.2, 0.25) is 0 Å². The summed E-state index contributed by atoms with van der Waals surface area (Å²) in [5.74, 6) is 1.73. The fraction of sp³-hybridized carbons (Fsp3) is 0. The first kappa shape index (κ1) is 19.0. The molecule has 5 aromatic carbocycles. The quantitative estimate of drug-likeness (QED) is 0.254. The van der Waals surface area contributed by atoms with Crippen LogP contribution in [0.3, 0.4) is 0 Å². The van der Waals surface area contributed by atoms with Gasteiger partial charge in [0, 0.05) is 27.5 Å². The molecule has 164 valence electrons. The zero-order valence-corrected chi connectivity index (χ0v) is 19.4. The number of ether oxygens (including phenoxy) is 1. The van der Waals surface area contributed by atoms with Crippen LogP contribution in [0.15, 0.2) is 109 Å². The molecule has 0 bridgehead atoms. The summed E-state index contributed by atoms with van der Waals surface area (Å²) in [5, 5.41) is 3.57. The Hall–Kier alpha value is -4.41. The topological polar surface area (TPSA) is 25.4 Å². The summed E-state index contributed by atoms with van der Waals surface area (Å²) in [7, 11) is 0. The fourth-order valence-corrected chi connectivity index (χ4v) is 6.44. The molecule has 6 aromatic rings. The van der Waals surface area contributed by atoms with Crippen LogP contribution in [-0.4, -0.2) is 4.98 Å². The largest absolute Gasteiger partial charge is 0.453 e. The molecule has 0 N–H and O–H groups in total. The average molecular weight is 467 g/mol. The second-order valence-corrected chi connectivity index (χ2v) is 9.80. The van der Waals surface area contributed by atoms with Gasteiger partial charge in [-0.05, 0) is 30.3 Å². The van der Waals surface area contributed by atoms with Crippen LogP contribution in [-0.2, 0) is 0 Å². The Labute approximate surface area is 206 Å². The highest BCUT2D eigenvalue weighted by atomic mass is 32.1. The summed E-state index contributed by atoms with van der Waals surface area (Å²) in [6, 6.07) is 38.0. The van der Waals surface area contributed by atoms with Gasteiger partial charge in [-0.1, -0.05) is 78.9 Å². The molecule has 0 fully saturated rings. The summed E-state index contributed by atoms with van der Waals surface area (Å²) < 4.78 is 6.24. The molecule has 0 spiro atoms. The molecular formula is C31H18N2OS. The minimum Gasteiger partial charge on any atom is -0.453 e. The van der Waals surface area contributed by atoms with Crippen LogP contribution in [0.25, 0.3) is 43.0 Å². The van der Waals surface area contributed by atoms with Crippen LogP contribution in [0.5, 0.6) is 11.5 Å². The van der Waals surface area contributed by atoms with Crippen LogP contribution < -0.4 is 9.64 Å². The first-order valence-electron chi connectivity index (χ1n) is 11.7. The normalized spacial score (nSPS) is 12.7. The standard InChI is InChI=1S/C31H18N2OS/c1-2-9-19(10-3-1)31-32-29-21-17-18-23(20-11-8-12-22(28(20)21)30(29)35-31)33-24-13-4-6-15-26(24)34-27-16-7-5-14-25(27)33/h1-18H. The molecule has 8 rings (SSSR count). The van der Waals surface area contributed by atoms with Gasteiger partial charge < -0.3 is 9.64 Å². The summed E-state index contributed by atoms with van der Waals surface area (Å²) in [4.78, 5) is 8.68. The number of benzene rings is 5. The average Bonchev–Trinajstić information content (AvgIpc) is 3.48. The van der Waals surface area contributed by atoms with Crippen molar-refractivity contribution in [2.24, 2.45) is 0 Å². The number of fused-ring (bicyclic) bond motifs is 5. The number of aromatic nitrogens is 1. The van der Waals surface area contributed by atoms with Crippen molar-refractivity contribution in [1.29, 1.82) is 0 Å². The molecule has 4 heteroatoms. The van der Waals surface area contributed by atoms with Crippen molar-refractivity contribution in [3.05, 3.63) is 109 Å². The van der Waals surface area contributed by atoms with E-state index in [-0.39, 0.29) is 0 Å². The summed E-state index contributed by atoms with van der Waals surface area (Å²) in [6.45, 7) is 0. The van der Waals surface area contributed by atoms with E-state index in [1.54, 1.807) is 11.3 Å². The number of rotatable bonds is 2. The molecule has 2 aliphatic rings. The van der Waals surface area contributed by atoms with Crippen molar-refractivity contribution < 1.29 is 4.74 Å². The third kappa shape index (κ3) is 2.63. The van der Waals surface area contributed by atoms with Gasteiger partial charge >= 0.3 is 0 Å². The molecule has 0 unspecified atom stereocenters. The van der Waals surface area contributed by atoms with E-state index in [1.165, 1.54) is 32.3 Å². The highest BCUT2D eigenvalue weighted by molar-refractivity contribution is 7.19. The van der Waals surface area contributed by atoms with Gasteiger partial charge in [-0.3, -0.25) is 0 Å². The molecule has 0 radical (unpaired) electrons. The lowest BCUT2D eigenvalue weighted by Crippen LogP contribution is -2.16. The highest BCUT2D eigenvalue weighted by Crippen LogP contribution is 2.56. The SMILES string of the molecule is c1ccc(-c2nc3c(s2)-c2cccc4c(N5c6ccccc6Oc6ccccc65)ccc-3c24)cc1. The third-order valence-corrected chi connectivity index (χ3v) is 7.98. The van der Waals surface area contributed by atoms with Crippen molar-refractivity contribution in [2.75, 3.05) is 4.90 Å². The van der Waals surface area contributed by atoms with Gasteiger partial charge in [-0.2, -0.15) is 0 Å². The van der Waals surface area contributed by atoms with Gasteiger partial charge in [-0.25, -0.2) is 4.98 Å². The molecule has 1 aromatic heterocycles. The van der Waals surface area contributed by atoms with E-state index in [0.717, 1.165) is 39.3 Å².